The van der Waals surface area contributed by atoms with Gasteiger partial charge < -0.3 is 5.32 Å². The van der Waals surface area contributed by atoms with Gasteiger partial charge in [-0.3, -0.25) is 0 Å². The standard InChI is InChI=1S/C16H23ClFN/c1-12(13-7-4-2-3-5-8-13)19-11-14-9-6-10-15(17)16(14)18/h6,9-10,12-13,19H,2-5,7-8,11H2,1H3/t12-/m1/s1. The number of rotatable bonds is 4. The summed E-state index contributed by atoms with van der Waals surface area (Å²) in [4.78, 5) is 0. The molecule has 1 fully saturated rings. The molecule has 0 heterocycles. The van der Waals surface area contributed by atoms with Gasteiger partial charge in [0.05, 0.1) is 5.02 Å². The van der Waals surface area contributed by atoms with Gasteiger partial charge in [0.25, 0.3) is 0 Å². The Hall–Kier alpha value is -0.600. The Morgan fingerprint density at radius 2 is 1.95 bits per heavy atom. The molecule has 1 saturated carbocycles. The quantitative estimate of drug-likeness (QED) is 0.773. The number of benzene rings is 1. The van der Waals surface area contributed by atoms with Crippen LogP contribution in [0.3, 0.4) is 0 Å². The van der Waals surface area contributed by atoms with Gasteiger partial charge in [0, 0.05) is 18.2 Å². The molecule has 1 atom stereocenters. The summed E-state index contributed by atoms with van der Waals surface area (Å²) in [6.45, 7) is 2.78. The van der Waals surface area contributed by atoms with Crippen molar-refractivity contribution in [2.45, 2.75) is 58.0 Å². The van der Waals surface area contributed by atoms with Crippen molar-refractivity contribution in [1.29, 1.82) is 0 Å². The zero-order valence-electron chi connectivity index (χ0n) is 11.6. The SMILES string of the molecule is C[C@@H](NCc1cccc(Cl)c1F)C1CCCCCC1. The van der Waals surface area contributed by atoms with E-state index in [1.54, 1.807) is 18.2 Å². The van der Waals surface area contributed by atoms with Crippen LogP contribution in [0.4, 0.5) is 4.39 Å². The van der Waals surface area contributed by atoms with Gasteiger partial charge in [-0.2, -0.15) is 0 Å². The summed E-state index contributed by atoms with van der Waals surface area (Å²) < 4.78 is 13.8. The summed E-state index contributed by atoms with van der Waals surface area (Å²) >= 11 is 5.80. The van der Waals surface area contributed by atoms with Gasteiger partial charge in [0.15, 0.2) is 0 Å². The van der Waals surface area contributed by atoms with Crippen LogP contribution in [0.1, 0.15) is 51.0 Å². The summed E-state index contributed by atoms with van der Waals surface area (Å²) in [5, 5.41) is 3.68. The molecular weight excluding hydrogens is 261 g/mol. The zero-order chi connectivity index (χ0) is 13.7. The maximum Gasteiger partial charge on any atom is 0.146 e. The highest BCUT2D eigenvalue weighted by atomic mass is 35.5. The van der Waals surface area contributed by atoms with Crippen LogP contribution in [-0.4, -0.2) is 6.04 Å². The largest absolute Gasteiger partial charge is 0.310 e. The molecule has 0 bridgehead atoms. The normalized spacial score (nSPS) is 19.1. The van der Waals surface area contributed by atoms with Crippen LogP contribution >= 0.6 is 11.6 Å². The van der Waals surface area contributed by atoms with E-state index in [1.165, 1.54) is 38.5 Å². The van der Waals surface area contributed by atoms with Crippen LogP contribution in [0, 0.1) is 11.7 Å². The first kappa shape index (κ1) is 14.8. The summed E-state index contributed by atoms with van der Waals surface area (Å²) in [5.74, 6) is 0.439. The highest BCUT2D eigenvalue weighted by Crippen LogP contribution is 2.26. The Morgan fingerprint density at radius 1 is 1.26 bits per heavy atom. The minimum Gasteiger partial charge on any atom is -0.310 e. The molecule has 1 aromatic rings. The molecule has 106 valence electrons. The molecule has 1 aliphatic rings. The van der Waals surface area contributed by atoms with E-state index < -0.39 is 0 Å². The minimum absolute atomic E-state index is 0.210. The Morgan fingerprint density at radius 3 is 2.63 bits per heavy atom. The van der Waals surface area contributed by atoms with Gasteiger partial charge >= 0.3 is 0 Å². The first-order chi connectivity index (χ1) is 9.18. The Bertz CT molecular complexity index is 400. The predicted molar refractivity (Wildman–Crippen MR) is 78.9 cm³/mol. The molecule has 1 aliphatic carbocycles. The number of halogens is 2. The second-order valence-corrected chi connectivity index (χ2v) is 6.04. The maximum absolute atomic E-state index is 13.8. The third kappa shape index (κ3) is 4.19. The van der Waals surface area contributed by atoms with Crippen molar-refractivity contribution in [1.82, 2.24) is 5.32 Å². The summed E-state index contributed by atoms with van der Waals surface area (Å²) in [6, 6.07) is 5.64. The second-order valence-electron chi connectivity index (χ2n) is 5.63. The lowest BCUT2D eigenvalue weighted by Gasteiger charge is -2.24. The van der Waals surface area contributed by atoms with Gasteiger partial charge in [-0.05, 0) is 31.7 Å². The Labute approximate surface area is 120 Å². The number of hydrogen-bond acceptors (Lipinski definition) is 1. The van der Waals surface area contributed by atoms with Crippen molar-refractivity contribution < 1.29 is 4.39 Å². The first-order valence-electron chi connectivity index (χ1n) is 7.34. The fourth-order valence-electron chi connectivity index (χ4n) is 2.93. The number of nitrogens with one attached hydrogen (secondary N) is 1. The van der Waals surface area contributed by atoms with Gasteiger partial charge in [-0.25, -0.2) is 4.39 Å². The molecule has 0 saturated heterocycles. The van der Waals surface area contributed by atoms with Crippen molar-refractivity contribution in [3.05, 3.63) is 34.6 Å². The first-order valence-corrected chi connectivity index (χ1v) is 7.72. The lowest BCUT2D eigenvalue weighted by atomic mass is 9.93. The Kier molecular flexibility index (Phi) is 5.65. The lowest BCUT2D eigenvalue weighted by Crippen LogP contribution is -2.33. The molecule has 1 N–H and O–H groups in total. The molecule has 0 unspecified atom stereocenters. The minimum atomic E-state index is -0.287. The molecule has 0 spiro atoms. The predicted octanol–water partition coefficient (Wildman–Crippen LogP) is 4.93. The van der Waals surface area contributed by atoms with E-state index in [9.17, 15) is 4.39 Å². The van der Waals surface area contributed by atoms with E-state index in [4.69, 9.17) is 11.6 Å². The molecule has 0 aliphatic heterocycles. The van der Waals surface area contributed by atoms with E-state index in [-0.39, 0.29) is 10.8 Å². The lowest BCUT2D eigenvalue weighted by molar-refractivity contribution is 0.335. The maximum atomic E-state index is 13.8. The van der Waals surface area contributed by atoms with Crippen LogP contribution in [0.15, 0.2) is 18.2 Å². The fourth-order valence-corrected chi connectivity index (χ4v) is 3.13. The van der Waals surface area contributed by atoms with E-state index in [1.807, 2.05) is 0 Å². The summed E-state index contributed by atoms with van der Waals surface area (Å²) in [5.41, 5.74) is 0.660. The van der Waals surface area contributed by atoms with E-state index in [0.29, 0.717) is 18.2 Å². The van der Waals surface area contributed by atoms with Crippen LogP contribution in [0.5, 0.6) is 0 Å². The van der Waals surface area contributed by atoms with Crippen LogP contribution in [0.2, 0.25) is 5.02 Å². The third-order valence-electron chi connectivity index (χ3n) is 4.25. The van der Waals surface area contributed by atoms with Crippen LogP contribution in [-0.2, 0) is 6.54 Å². The van der Waals surface area contributed by atoms with Crippen molar-refractivity contribution >= 4 is 11.6 Å². The van der Waals surface area contributed by atoms with Crippen LogP contribution in [0.25, 0.3) is 0 Å². The van der Waals surface area contributed by atoms with Gasteiger partial charge in [-0.1, -0.05) is 49.4 Å². The van der Waals surface area contributed by atoms with Gasteiger partial charge in [0.2, 0.25) is 0 Å². The molecule has 3 heteroatoms. The van der Waals surface area contributed by atoms with Crippen molar-refractivity contribution in [3.8, 4) is 0 Å². The highest BCUT2D eigenvalue weighted by molar-refractivity contribution is 6.30. The second kappa shape index (κ2) is 7.25. The van der Waals surface area contributed by atoms with E-state index >= 15 is 0 Å². The molecule has 2 rings (SSSR count). The number of hydrogen-bond donors (Lipinski definition) is 1. The third-order valence-corrected chi connectivity index (χ3v) is 4.54. The molecule has 0 aromatic heterocycles. The average Bonchev–Trinajstić information content (AvgIpc) is 2.69. The molecule has 1 aromatic carbocycles. The molecule has 0 amide bonds. The molecule has 19 heavy (non-hydrogen) atoms. The van der Waals surface area contributed by atoms with Gasteiger partial charge in [0.1, 0.15) is 5.82 Å². The highest BCUT2D eigenvalue weighted by Gasteiger charge is 2.19. The van der Waals surface area contributed by atoms with Crippen molar-refractivity contribution in [3.63, 3.8) is 0 Å². The average molecular weight is 284 g/mol. The van der Waals surface area contributed by atoms with Crippen molar-refractivity contribution in [2.24, 2.45) is 5.92 Å². The molecule has 1 nitrogen and oxygen atoms in total. The van der Waals surface area contributed by atoms with Gasteiger partial charge in [-0.15, -0.1) is 0 Å². The molecular formula is C16H23ClFN. The zero-order valence-corrected chi connectivity index (χ0v) is 12.3. The molecule has 0 radical (unpaired) electrons. The van der Waals surface area contributed by atoms with E-state index in [2.05, 4.69) is 12.2 Å². The topological polar surface area (TPSA) is 12.0 Å². The Balaban J connectivity index is 1.88. The smallest absolute Gasteiger partial charge is 0.146 e. The van der Waals surface area contributed by atoms with Crippen molar-refractivity contribution in [2.75, 3.05) is 0 Å². The monoisotopic (exact) mass is 283 g/mol. The van der Waals surface area contributed by atoms with Crippen LogP contribution < -0.4 is 5.32 Å². The summed E-state index contributed by atoms with van der Waals surface area (Å²) in [6.07, 6.45) is 8.00. The fraction of sp³-hybridized carbons (Fsp3) is 0.625. The summed E-state index contributed by atoms with van der Waals surface area (Å²) in [7, 11) is 0. The van der Waals surface area contributed by atoms with E-state index in [0.717, 1.165) is 5.92 Å².